The summed E-state index contributed by atoms with van der Waals surface area (Å²) in [4.78, 5) is 4.81. The number of hydrogen-bond acceptors (Lipinski definition) is 3. The van der Waals surface area contributed by atoms with Gasteiger partial charge >= 0.3 is 0 Å². The molecule has 1 unspecified atom stereocenters. The summed E-state index contributed by atoms with van der Waals surface area (Å²) < 4.78 is 0. The van der Waals surface area contributed by atoms with Crippen molar-refractivity contribution in [2.45, 2.75) is 12.6 Å². The lowest BCUT2D eigenvalue weighted by atomic mass is 10.1. The summed E-state index contributed by atoms with van der Waals surface area (Å²) in [6, 6.07) is 8.72. The summed E-state index contributed by atoms with van der Waals surface area (Å²) >= 11 is 5.89. The Morgan fingerprint density at radius 3 is 2.78 bits per heavy atom. The van der Waals surface area contributed by atoms with E-state index in [0.717, 1.165) is 37.7 Å². The van der Waals surface area contributed by atoms with Gasteiger partial charge in [-0.05, 0) is 31.8 Å². The van der Waals surface area contributed by atoms with Gasteiger partial charge < -0.3 is 10.2 Å². The summed E-state index contributed by atoms with van der Waals surface area (Å²) in [6.07, 6.45) is 0. The second kappa shape index (κ2) is 6.53. The molecule has 0 spiro atoms. The maximum atomic E-state index is 5.89. The van der Waals surface area contributed by atoms with E-state index >= 15 is 0 Å². The lowest BCUT2D eigenvalue weighted by Crippen LogP contribution is -2.53. The number of nitrogens with zero attached hydrogens (tertiary/aromatic N) is 2. The highest BCUT2D eigenvalue weighted by atomic mass is 35.5. The molecule has 1 heterocycles. The highest BCUT2D eigenvalue weighted by Crippen LogP contribution is 2.11. The Hall–Kier alpha value is -0.610. The molecule has 0 amide bonds. The fourth-order valence-corrected chi connectivity index (χ4v) is 2.52. The zero-order chi connectivity index (χ0) is 13.0. The van der Waals surface area contributed by atoms with Crippen LogP contribution in [0.4, 0.5) is 0 Å². The molecule has 1 saturated heterocycles. The number of likely N-dealkylation sites (N-methyl/N-ethyl adjacent to an activating group) is 2. The topological polar surface area (TPSA) is 18.5 Å². The van der Waals surface area contributed by atoms with Crippen LogP contribution in [-0.2, 0) is 6.54 Å². The Morgan fingerprint density at radius 1 is 1.39 bits per heavy atom. The van der Waals surface area contributed by atoms with Gasteiger partial charge in [0.15, 0.2) is 0 Å². The molecule has 1 fully saturated rings. The van der Waals surface area contributed by atoms with Gasteiger partial charge in [0.25, 0.3) is 0 Å². The van der Waals surface area contributed by atoms with Gasteiger partial charge in [-0.1, -0.05) is 23.7 Å². The predicted octanol–water partition coefficient (Wildman–Crippen LogP) is 1.68. The van der Waals surface area contributed by atoms with E-state index in [9.17, 15) is 0 Å². The number of benzene rings is 1. The van der Waals surface area contributed by atoms with Crippen molar-refractivity contribution in [2.24, 2.45) is 0 Å². The highest BCUT2D eigenvalue weighted by molar-refractivity contribution is 6.30. The molecule has 2 rings (SSSR count). The van der Waals surface area contributed by atoms with Crippen LogP contribution in [0.1, 0.15) is 5.56 Å². The molecule has 0 saturated carbocycles. The van der Waals surface area contributed by atoms with Crippen LogP contribution in [0.5, 0.6) is 0 Å². The average molecular weight is 268 g/mol. The Morgan fingerprint density at radius 2 is 2.11 bits per heavy atom. The molecular formula is C14H22ClN3. The van der Waals surface area contributed by atoms with Crippen LogP contribution < -0.4 is 5.32 Å². The fourth-order valence-electron chi connectivity index (χ4n) is 2.39. The zero-order valence-corrected chi connectivity index (χ0v) is 12.0. The van der Waals surface area contributed by atoms with Crippen LogP contribution in [0.15, 0.2) is 24.3 Å². The lowest BCUT2D eigenvalue weighted by molar-refractivity contribution is 0.150. The molecule has 18 heavy (non-hydrogen) atoms. The Bertz CT molecular complexity index is 366. The number of hydrogen-bond donors (Lipinski definition) is 1. The average Bonchev–Trinajstić information content (AvgIpc) is 2.35. The van der Waals surface area contributed by atoms with Crippen molar-refractivity contribution in [1.82, 2.24) is 15.1 Å². The van der Waals surface area contributed by atoms with E-state index in [1.807, 2.05) is 12.1 Å². The first kappa shape index (κ1) is 13.8. The number of piperazine rings is 1. The normalized spacial score (nSPS) is 21.4. The number of rotatable bonds is 4. The smallest absolute Gasteiger partial charge is 0.0406 e. The summed E-state index contributed by atoms with van der Waals surface area (Å²) in [7, 11) is 4.39. The van der Waals surface area contributed by atoms with Gasteiger partial charge in [-0.15, -0.1) is 0 Å². The molecule has 1 aliphatic heterocycles. The van der Waals surface area contributed by atoms with Crippen molar-refractivity contribution in [3.8, 4) is 0 Å². The third-order valence-corrected chi connectivity index (χ3v) is 3.78. The van der Waals surface area contributed by atoms with Crippen LogP contribution >= 0.6 is 11.6 Å². The number of nitrogens with one attached hydrogen (secondary N) is 1. The molecule has 0 bridgehead atoms. The van der Waals surface area contributed by atoms with Crippen LogP contribution in [0.25, 0.3) is 0 Å². The Labute approximate surface area is 115 Å². The molecule has 1 atom stereocenters. The van der Waals surface area contributed by atoms with Gasteiger partial charge in [0.05, 0.1) is 0 Å². The molecule has 4 heteroatoms. The van der Waals surface area contributed by atoms with Gasteiger partial charge in [0, 0.05) is 43.8 Å². The fraction of sp³-hybridized carbons (Fsp3) is 0.571. The minimum absolute atomic E-state index is 0.607. The first-order chi connectivity index (χ1) is 8.65. The molecule has 1 aromatic carbocycles. The van der Waals surface area contributed by atoms with Gasteiger partial charge in [0.2, 0.25) is 0 Å². The summed E-state index contributed by atoms with van der Waals surface area (Å²) in [5.74, 6) is 0. The largest absolute Gasteiger partial charge is 0.314 e. The molecule has 100 valence electrons. The molecule has 1 N–H and O–H groups in total. The van der Waals surface area contributed by atoms with Crippen molar-refractivity contribution in [3.05, 3.63) is 34.9 Å². The second-order valence-corrected chi connectivity index (χ2v) is 5.60. The molecule has 1 aromatic rings. The van der Waals surface area contributed by atoms with Gasteiger partial charge in [0.1, 0.15) is 0 Å². The SMILES string of the molecule is CN(Cc1ccc(Cl)cc1)CC1CNCCN1C. The highest BCUT2D eigenvalue weighted by Gasteiger charge is 2.19. The molecule has 0 aliphatic carbocycles. The lowest BCUT2D eigenvalue weighted by Gasteiger charge is -2.35. The maximum Gasteiger partial charge on any atom is 0.0406 e. The first-order valence-corrected chi connectivity index (χ1v) is 6.87. The van der Waals surface area contributed by atoms with E-state index < -0.39 is 0 Å². The minimum atomic E-state index is 0.607. The maximum absolute atomic E-state index is 5.89. The zero-order valence-electron chi connectivity index (χ0n) is 11.2. The van der Waals surface area contributed by atoms with Crippen LogP contribution in [0.3, 0.4) is 0 Å². The van der Waals surface area contributed by atoms with E-state index in [-0.39, 0.29) is 0 Å². The second-order valence-electron chi connectivity index (χ2n) is 5.16. The van der Waals surface area contributed by atoms with Crippen LogP contribution in [0, 0.1) is 0 Å². The van der Waals surface area contributed by atoms with Crippen molar-refractivity contribution in [3.63, 3.8) is 0 Å². The van der Waals surface area contributed by atoms with E-state index in [1.54, 1.807) is 0 Å². The van der Waals surface area contributed by atoms with E-state index in [0.29, 0.717) is 6.04 Å². The molecule has 3 nitrogen and oxygen atoms in total. The van der Waals surface area contributed by atoms with Crippen LogP contribution in [-0.4, -0.2) is 56.1 Å². The van der Waals surface area contributed by atoms with Crippen LogP contribution in [0.2, 0.25) is 5.02 Å². The van der Waals surface area contributed by atoms with E-state index in [1.165, 1.54) is 5.56 Å². The molecular weight excluding hydrogens is 246 g/mol. The standard InChI is InChI=1S/C14H22ClN3/c1-17(10-12-3-5-13(15)6-4-12)11-14-9-16-7-8-18(14)2/h3-6,14,16H,7-11H2,1-2H3. The molecule has 0 aromatic heterocycles. The van der Waals surface area contributed by atoms with Gasteiger partial charge in [-0.3, -0.25) is 4.90 Å². The summed E-state index contributed by atoms with van der Waals surface area (Å²) in [5, 5.41) is 4.26. The summed E-state index contributed by atoms with van der Waals surface area (Å²) in [5.41, 5.74) is 1.31. The predicted molar refractivity (Wildman–Crippen MR) is 77.1 cm³/mol. The van der Waals surface area contributed by atoms with Crippen molar-refractivity contribution in [2.75, 3.05) is 40.3 Å². The molecule has 0 radical (unpaired) electrons. The van der Waals surface area contributed by atoms with Gasteiger partial charge in [-0.2, -0.15) is 0 Å². The quantitative estimate of drug-likeness (QED) is 0.896. The Kier molecular flexibility index (Phi) is 5.01. The minimum Gasteiger partial charge on any atom is -0.314 e. The monoisotopic (exact) mass is 267 g/mol. The van der Waals surface area contributed by atoms with E-state index in [2.05, 4.69) is 41.3 Å². The third-order valence-electron chi connectivity index (χ3n) is 3.53. The van der Waals surface area contributed by atoms with Crippen molar-refractivity contribution >= 4 is 11.6 Å². The summed E-state index contributed by atoms with van der Waals surface area (Å²) in [6.45, 7) is 5.39. The van der Waals surface area contributed by atoms with Crippen molar-refractivity contribution in [1.29, 1.82) is 0 Å². The van der Waals surface area contributed by atoms with Crippen molar-refractivity contribution < 1.29 is 0 Å². The third kappa shape index (κ3) is 3.95. The number of halogens is 1. The van der Waals surface area contributed by atoms with Gasteiger partial charge in [-0.25, -0.2) is 0 Å². The van der Waals surface area contributed by atoms with E-state index in [4.69, 9.17) is 11.6 Å². The molecule has 1 aliphatic rings. The Balaban J connectivity index is 1.84. The first-order valence-electron chi connectivity index (χ1n) is 6.49.